The number of anilines is 3. The lowest BCUT2D eigenvalue weighted by Crippen LogP contribution is -2.47. The molecule has 9 heteroatoms. The van der Waals surface area contributed by atoms with Gasteiger partial charge in [-0.05, 0) is 31.2 Å². The molecule has 0 aliphatic carbocycles. The Kier molecular flexibility index (Phi) is 4.06. The summed E-state index contributed by atoms with van der Waals surface area (Å²) in [6, 6.07) is 7.11. The number of rotatable bonds is 3. The molecule has 0 unspecified atom stereocenters. The molecule has 1 aromatic carbocycles. The van der Waals surface area contributed by atoms with Crippen LogP contribution < -0.4 is 15.5 Å². The van der Waals surface area contributed by atoms with Crippen molar-refractivity contribution in [1.82, 2.24) is 14.8 Å². The maximum Gasteiger partial charge on any atom is 0.301 e. The van der Waals surface area contributed by atoms with Crippen LogP contribution in [-0.2, 0) is 7.05 Å². The number of aryl methyl sites for hydroxylation is 2. The normalized spacial score (nSPS) is 14.7. The Bertz CT molecular complexity index is 1020. The number of fused-ring (bicyclic) bond motifs is 1. The summed E-state index contributed by atoms with van der Waals surface area (Å²) in [6.07, 6.45) is 1.64. The minimum absolute atomic E-state index is 0.116. The smallest absolute Gasteiger partial charge is 0.301 e. The SMILES string of the molecule is Cc1nn(C)c(N2CCN(c3ccc4ncccc4c3[N+](=O)[O-])CC2)c1N. The Morgan fingerprint density at radius 1 is 1.15 bits per heavy atom. The topological polar surface area (TPSA) is 106 Å². The van der Waals surface area contributed by atoms with Crippen molar-refractivity contribution < 1.29 is 4.92 Å². The second kappa shape index (κ2) is 6.42. The molecule has 0 bridgehead atoms. The van der Waals surface area contributed by atoms with Gasteiger partial charge in [-0.2, -0.15) is 5.10 Å². The largest absolute Gasteiger partial charge is 0.394 e. The number of hydrogen-bond donors (Lipinski definition) is 1. The first kappa shape index (κ1) is 17.1. The Labute approximate surface area is 156 Å². The fourth-order valence-electron chi connectivity index (χ4n) is 3.77. The Morgan fingerprint density at radius 3 is 2.48 bits per heavy atom. The zero-order chi connectivity index (χ0) is 19.1. The molecule has 0 radical (unpaired) electrons. The minimum atomic E-state index is -0.311. The molecule has 1 fully saturated rings. The van der Waals surface area contributed by atoms with E-state index in [1.807, 2.05) is 20.0 Å². The van der Waals surface area contributed by atoms with Gasteiger partial charge in [0, 0.05) is 39.4 Å². The minimum Gasteiger partial charge on any atom is -0.394 e. The molecule has 140 valence electrons. The number of nitro groups is 1. The van der Waals surface area contributed by atoms with Crippen molar-refractivity contribution in [2.45, 2.75) is 6.92 Å². The van der Waals surface area contributed by atoms with E-state index in [1.165, 1.54) is 0 Å². The number of nitro benzene ring substituents is 1. The number of benzene rings is 1. The number of nitrogens with two attached hydrogens (primary N) is 1. The molecule has 0 saturated carbocycles. The number of nitrogens with zero attached hydrogens (tertiary/aromatic N) is 6. The second-order valence-corrected chi connectivity index (χ2v) is 6.68. The highest BCUT2D eigenvalue weighted by Crippen LogP contribution is 2.36. The summed E-state index contributed by atoms with van der Waals surface area (Å²) in [5, 5.41) is 16.7. The monoisotopic (exact) mass is 367 g/mol. The third-order valence-corrected chi connectivity index (χ3v) is 5.08. The van der Waals surface area contributed by atoms with Crippen LogP contribution in [0, 0.1) is 17.0 Å². The van der Waals surface area contributed by atoms with Crippen molar-refractivity contribution in [3.05, 3.63) is 46.3 Å². The number of piperazine rings is 1. The zero-order valence-electron chi connectivity index (χ0n) is 15.3. The average molecular weight is 367 g/mol. The van der Waals surface area contributed by atoms with Gasteiger partial charge >= 0.3 is 5.69 Å². The van der Waals surface area contributed by atoms with Gasteiger partial charge < -0.3 is 15.5 Å². The van der Waals surface area contributed by atoms with E-state index in [1.54, 1.807) is 29.1 Å². The van der Waals surface area contributed by atoms with Crippen molar-refractivity contribution in [2.75, 3.05) is 41.7 Å². The summed E-state index contributed by atoms with van der Waals surface area (Å²) in [7, 11) is 1.88. The quantitative estimate of drug-likeness (QED) is 0.558. The molecule has 1 saturated heterocycles. The predicted molar refractivity (Wildman–Crippen MR) is 105 cm³/mol. The molecule has 4 rings (SSSR count). The van der Waals surface area contributed by atoms with Gasteiger partial charge in [0.15, 0.2) is 5.82 Å². The van der Waals surface area contributed by atoms with Gasteiger partial charge in [0.2, 0.25) is 0 Å². The molecular formula is C18H21N7O2. The van der Waals surface area contributed by atoms with E-state index >= 15 is 0 Å². The summed E-state index contributed by atoms with van der Waals surface area (Å²) in [5.41, 5.74) is 9.05. The van der Waals surface area contributed by atoms with E-state index in [9.17, 15) is 10.1 Å². The summed E-state index contributed by atoms with van der Waals surface area (Å²) in [4.78, 5) is 19.9. The van der Waals surface area contributed by atoms with Crippen LogP contribution >= 0.6 is 0 Å². The molecule has 0 atom stereocenters. The lowest BCUT2D eigenvalue weighted by atomic mass is 10.1. The van der Waals surface area contributed by atoms with Crippen LogP contribution in [0.1, 0.15) is 5.69 Å². The van der Waals surface area contributed by atoms with Gasteiger partial charge in [0.05, 0.1) is 27.2 Å². The molecule has 0 spiro atoms. The number of nitrogen functional groups attached to an aromatic ring is 1. The van der Waals surface area contributed by atoms with Crippen molar-refractivity contribution in [2.24, 2.45) is 7.05 Å². The second-order valence-electron chi connectivity index (χ2n) is 6.68. The predicted octanol–water partition coefficient (Wildman–Crippen LogP) is 2.09. The molecule has 9 nitrogen and oxygen atoms in total. The molecule has 3 aromatic rings. The van der Waals surface area contributed by atoms with Gasteiger partial charge in [0.25, 0.3) is 0 Å². The van der Waals surface area contributed by atoms with Gasteiger partial charge in [-0.1, -0.05) is 0 Å². The Morgan fingerprint density at radius 2 is 1.85 bits per heavy atom. The first-order chi connectivity index (χ1) is 13.0. The molecule has 2 aromatic heterocycles. The van der Waals surface area contributed by atoms with Crippen molar-refractivity contribution in [3.63, 3.8) is 0 Å². The number of aromatic nitrogens is 3. The first-order valence-corrected chi connectivity index (χ1v) is 8.78. The Hall–Kier alpha value is -3.36. The van der Waals surface area contributed by atoms with Crippen LogP contribution in [0.25, 0.3) is 10.9 Å². The highest BCUT2D eigenvalue weighted by Gasteiger charge is 2.28. The Balaban J connectivity index is 1.63. The number of hydrogen-bond acceptors (Lipinski definition) is 7. The maximum atomic E-state index is 11.8. The highest BCUT2D eigenvalue weighted by atomic mass is 16.6. The standard InChI is InChI=1S/C18H21N7O2/c1-12-16(19)18(22(2)21-12)24-10-8-23(9-11-24)15-6-5-14-13(4-3-7-20-14)17(15)25(26)27/h3-7H,8-11,19H2,1-2H3. The van der Waals surface area contributed by atoms with Gasteiger partial charge in [-0.15, -0.1) is 0 Å². The highest BCUT2D eigenvalue weighted by molar-refractivity contribution is 5.94. The fraction of sp³-hybridized carbons (Fsp3) is 0.333. The van der Waals surface area contributed by atoms with E-state index in [4.69, 9.17) is 5.73 Å². The van der Waals surface area contributed by atoms with E-state index < -0.39 is 0 Å². The van der Waals surface area contributed by atoms with Gasteiger partial charge in [-0.25, -0.2) is 0 Å². The van der Waals surface area contributed by atoms with Crippen LogP contribution in [0.2, 0.25) is 0 Å². The third kappa shape index (κ3) is 2.80. The lowest BCUT2D eigenvalue weighted by Gasteiger charge is -2.37. The van der Waals surface area contributed by atoms with Crippen LogP contribution in [0.15, 0.2) is 30.5 Å². The van der Waals surface area contributed by atoms with Crippen molar-refractivity contribution in [3.8, 4) is 0 Å². The fourth-order valence-corrected chi connectivity index (χ4v) is 3.77. The molecule has 1 aliphatic heterocycles. The average Bonchev–Trinajstić information content (AvgIpc) is 2.92. The van der Waals surface area contributed by atoms with E-state index in [-0.39, 0.29) is 10.6 Å². The van der Waals surface area contributed by atoms with Crippen molar-refractivity contribution >= 4 is 33.8 Å². The van der Waals surface area contributed by atoms with Crippen LogP contribution in [0.5, 0.6) is 0 Å². The third-order valence-electron chi connectivity index (χ3n) is 5.08. The lowest BCUT2D eigenvalue weighted by molar-refractivity contribution is -0.382. The van der Waals surface area contributed by atoms with Gasteiger partial charge in [0.1, 0.15) is 5.69 Å². The summed E-state index contributed by atoms with van der Waals surface area (Å²) < 4.78 is 1.80. The zero-order valence-corrected chi connectivity index (χ0v) is 15.3. The van der Waals surface area contributed by atoms with E-state index in [2.05, 4.69) is 19.9 Å². The molecule has 0 amide bonds. The van der Waals surface area contributed by atoms with Crippen LogP contribution in [-0.4, -0.2) is 45.9 Å². The van der Waals surface area contributed by atoms with E-state index in [0.717, 1.165) is 11.5 Å². The maximum absolute atomic E-state index is 11.8. The van der Waals surface area contributed by atoms with E-state index in [0.29, 0.717) is 48.5 Å². The molecular weight excluding hydrogens is 346 g/mol. The molecule has 3 heterocycles. The van der Waals surface area contributed by atoms with Crippen molar-refractivity contribution in [1.29, 1.82) is 0 Å². The van der Waals surface area contributed by atoms with Gasteiger partial charge in [-0.3, -0.25) is 19.8 Å². The van der Waals surface area contributed by atoms with Crippen LogP contribution in [0.3, 0.4) is 0 Å². The molecule has 27 heavy (non-hydrogen) atoms. The molecule has 2 N–H and O–H groups in total. The summed E-state index contributed by atoms with van der Waals surface area (Å²) in [6.45, 7) is 4.64. The summed E-state index contributed by atoms with van der Waals surface area (Å²) >= 11 is 0. The van der Waals surface area contributed by atoms with Crippen LogP contribution in [0.4, 0.5) is 22.9 Å². The number of pyridine rings is 1. The first-order valence-electron chi connectivity index (χ1n) is 8.78. The summed E-state index contributed by atoms with van der Waals surface area (Å²) in [5.74, 6) is 0.907. The molecule has 1 aliphatic rings.